The van der Waals surface area contributed by atoms with Gasteiger partial charge in [-0.25, -0.2) is 4.98 Å². The van der Waals surface area contributed by atoms with E-state index in [9.17, 15) is 0 Å². The highest BCUT2D eigenvalue weighted by Crippen LogP contribution is 2.37. The quantitative estimate of drug-likeness (QED) is 0.191. The van der Waals surface area contributed by atoms with Crippen molar-refractivity contribution in [1.82, 2.24) is 14.5 Å². The third-order valence-corrected chi connectivity index (χ3v) is 9.06. The summed E-state index contributed by atoms with van der Waals surface area (Å²) in [6, 6.07) is 55.3. The second kappa shape index (κ2) is 12.9. The fourth-order valence-corrected chi connectivity index (χ4v) is 6.68. The third kappa shape index (κ3) is 5.81. The number of fused-ring (bicyclic) bond motifs is 1. The van der Waals surface area contributed by atoms with Gasteiger partial charge >= 0.3 is 0 Å². The van der Waals surface area contributed by atoms with Gasteiger partial charge in [-0.15, -0.1) is 0 Å². The molecule has 3 heterocycles. The lowest BCUT2D eigenvalue weighted by molar-refractivity contribution is 1.10. The Morgan fingerprint density at radius 3 is 1.82 bits per heavy atom. The summed E-state index contributed by atoms with van der Waals surface area (Å²) in [6.45, 7) is 2.15. The van der Waals surface area contributed by atoms with Crippen LogP contribution in [0, 0.1) is 6.92 Å². The summed E-state index contributed by atoms with van der Waals surface area (Å²) in [5.41, 5.74) is 20.7. The molecule has 0 amide bonds. The molecule has 0 aliphatic heterocycles. The molecule has 2 N–H and O–H groups in total. The molecule has 8 rings (SSSR count). The number of benzene rings is 5. The lowest BCUT2D eigenvalue weighted by Crippen LogP contribution is -1.98. The molecule has 0 radical (unpaired) electrons. The van der Waals surface area contributed by atoms with Gasteiger partial charge in [-0.1, -0.05) is 97.1 Å². The monoisotopic (exact) mass is 630 g/mol. The lowest BCUT2D eigenvalue weighted by Gasteiger charge is -2.15. The van der Waals surface area contributed by atoms with E-state index in [1.54, 1.807) is 6.20 Å². The van der Waals surface area contributed by atoms with Crippen LogP contribution in [0.4, 0.5) is 0 Å². The molecule has 0 aliphatic rings. The Bertz CT molecular complexity index is 2390. The number of nitrogens with zero attached hydrogens (tertiary/aromatic N) is 3. The minimum absolute atomic E-state index is 0.818. The second-order valence-electron chi connectivity index (χ2n) is 12.1. The summed E-state index contributed by atoms with van der Waals surface area (Å²) < 4.78 is 2.29. The predicted molar refractivity (Wildman–Crippen MR) is 204 cm³/mol. The molecular weight excluding hydrogens is 597 g/mol. The predicted octanol–water partition coefficient (Wildman–Crippen LogP) is 11.0. The highest BCUT2D eigenvalue weighted by Gasteiger charge is 2.16. The maximum Gasteiger partial charge on any atom is 0.0899 e. The van der Waals surface area contributed by atoms with Crippen molar-refractivity contribution in [3.63, 3.8) is 0 Å². The van der Waals surface area contributed by atoms with E-state index in [-0.39, 0.29) is 0 Å². The van der Waals surface area contributed by atoms with Crippen LogP contribution >= 0.6 is 0 Å². The maximum atomic E-state index is 5.95. The highest BCUT2D eigenvalue weighted by atomic mass is 15.0. The van der Waals surface area contributed by atoms with Crippen molar-refractivity contribution in [2.75, 3.05) is 0 Å². The van der Waals surface area contributed by atoms with Gasteiger partial charge in [0.2, 0.25) is 0 Å². The Morgan fingerprint density at radius 1 is 0.510 bits per heavy atom. The molecule has 0 aliphatic carbocycles. The average molecular weight is 631 g/mol. The van der Waals surface area contributed by atoms with Gasteiger partial charge in [-0.05, 0) is 119 Å². The van der Waals surface area contributed by atoms with Gasteiger partial charge < -0.3 is 10.3 Å². The van der Waals surface area contributed by atoms with E-state index in [4.69, 9.17) is 15.7 Å². The number of para-hydroxylation sites is 1. The van der Waals surface area contributed by atoms with E-state index in [1.807, 2.05) is 30.5 Å². The lowest BCUT2D eigenvalue weighted by atomic mass is 9.93. The van der Waals surface area contributed by atoms with Crippen molar-refractivity contribution in [3.05, 3.63) is 181 Å². The first kappa shape index (κ1) is 29.9. The first-order valence-electron chi connectivity index (χ1n) is 16.5. The van der Waals surface area contributed by atoms with Crippen LogP contribution in [0.1, 0.15) is 11.3 Å². The third-order valence-electron chi connectivity index (χ3n) is 9.06. The summed E-state index contributed by atoms with van der Waals surface area (Å²) in [6.07, 6.45) is 5.42. The molecule has 8 aromatic rings. The zero-order chi connectivity index (χ0) is 33.2. The van der Waals surface area contributed by atoms with Crippen LogP contribution in [0.15, 0.2) is 170 Å². The smallest absolute Gasteiger partial charge is 0.0899 e. The zero-order valence-corrected chi connectivity index (χ0v) is 27.2. The summed E-state index contributed by atoms with van der Waals surface area (Å²) in [5.74, 6) is 0. The molecule has 0 bridgehead atoms. The molecule has 234 valence electrons. The number of hydrogen-bond acceptors (Lipinski definition) is 3. The average Bonchev–Trinajstić information content (AvgIpc) is 3.46. The summed E-state index contributed by atoms with van der Waals surface area (Å²) in [4.78, 5) is 9.94. The van der Waals surface area contributed by atoms with Gasteiger partial charge in [-0.2, -0.15) is 0 Å². The van der Waals surface area contributed by atoms with Crippen molar-refractivity contribution in [2.45, 2.75) is 6.92 Å². The van der Waals surface area contributed by atoms with Crippen molar-refractivity contribution in [2.24, 2.45) is 5.73 Å². The van der Waals surface area contributed by atoms with Crippen molar-refractivity contribution in [3.8, 4) is 61.7 Å². The van der Waals surface area contributed by atoms with Gasteiger partial charge in [0.15, 0.2) is 0 Å². The molecule has 0 fully saturated rings. The van der Waals surface area contributed by atoms with Crippen molar-refractivity contribution < 1.29 is 0 Å². The number of rotatable bonds is 7. The summed E-state index contributed by atoms with van der Waals surface area (Å²) in [5, 5.41) is 1.21. The number of aromatic nitrogens is 3. The van der Waals surface area contributed by atoms with Crippen molar-refractivity contribution in [1.29, 1.82) is 0 Å². The Kier molecular flexibility index (Phi) is 7.88. The number of hydrogen-bond donors (Lipinski definition) is 1. The zero-order valence-electron chi connectivity index (χ0n) is 27.2. The molecule has 49 heavy (non-hydrogen) atoms. The van der Waals surface area contributed by atoms with Crippen molar-refractivity contribution >= 4 is 17.0 Å². The van der Waals surface area contributed by atoms with Crippen LogP contribution in [-0.4, -0.2) is 14.5 Å². The maximum absolute atomic E-state index is 5.95. The SMILES string of the molecule is Cc1c(/C=C\N)n(-c2cccc(-c3cc(-c4cc(-c5ccccc5)cc(-c5ccccc5)c4)nc(-c4ccccn4)c3)c2)c2ccccc12. The minimum atomic E-state index is 0.818. The number of pyridine rings is 2. The van der Waals surface area contributed by atoms with Gasteiger partial charge in [0.1, 0.15) is 0 Å². The van der Waals surface area contributed by atoms with E-state index in [0.717, 1.165) is 72.9 Å². The van der Waals surface area contributed by atoms with E-state index in [0.29, 0.717) is 0 Å². The van der Waals surface area contributed by atoms with Gasteiger partial charge in [0.25, 0.3) is 0 Å². The molecule has 5 aromatic carbocycles. The van der Waals surface area contributed by atoms with Crippen LogP contribution < -0.4 is 5.73 Å². The van der Waals surface area contributed by atoms with E-state index < -0.39 is 0 Å². The fourth-order valence-electron chi connectivity index (χ4n) is 6.68. The molecule has 0 unspecified atom stereocenters. The summed E-state index contributed by atoms with van der Waals surface area (Å²) in [7, 11) is 0. The molecule has 0 spiro atoms. The summed E-state index contributed by atoms with van der Waals surface area (Å²) >= 11 is 0. The first-order chi connectivity index (χ1) is 24.2. The standard InChI is InChI=1S/C45H34N4/c1-31-40-19-8-9-21-45(40)49(44(31)22-23-46)39-18-12-17-34(28-39)37-29-42(48-43(30-37)41-20-10-11-24-47-41)38-26-35(32-13-4-2-5-14-32)25-36(27-38)33-15-6-3-7-16-33/h2-30H,46H2,1H3/b23-22-. The molecule has 4 nitrogen and oxygen atoms in total. The van der Waals surface area contributed by atoms with E-state index in [2.05, 4.69) is 151 Å². The molecule has 0 atom stereocenters. The van der Waals surface area contributed by atoms with Gasteiger partial charge in [0, 0.05) is 22.8 Å². The molecule has 3 aromatic heterocycles. The normalized spacial score (nSPS) is 11.4. The minimum Gasteiger partial charge on any atom is -0.405 e. The van der Waals surface area contributed by atoms with Crippen LogP contribution in [0.3, 0.4) is 0 Å². The van der Waals surface area contributed by atoms with Crippen LogP contribution in [0.25, 0.3) is 78.7 Å². The fraction of sp³-hybridized carbons (Fsp3) is 0.0222. The topological polar surface area (TPSA) is 56.7 Å². The van der Waals surface area contributed by atoms with E-state index in [1.165, 1.54) is 10.9 Å². The van der Waals surface area contributed by atoms with Gasteiger partial charge in [0.05, 0.1) is 28.3 Å². The van der Waals surface area contributed by atoms with Crippen LogP contribution in [0.5, 0.6) is 0 Å². The van der Waals surface area contributed by atoms with Crippen LogP contribution in [-0.2, 0) is 0 Å². The molecule has 4 heteroatoms. The Labute approximate surface area is 286 Å². The molecule has 0 saturated carbocycles. The largest absolute Gasteiger partial charge is 0.405 e. The Hall–Kier alpha value is -6.52. The van der Waals surface area contributed by atoms with Gasteiger partial charge in [-0.3, -0.25) is 4.98 Å². The molecule has 0 saturated heterocycles. The number of aryl methyl sites for hydroxylation is 1. The Balaban J connectivity index is 1.33. The van der Waals surface area contributed by atoms with E-state index >= 15 is 0 Å². The highest BCUT2D eigenvalue weighted by molar-refractivity contribution is 5.90. The second-order valence-corrected chi connectivity index (χ2v) is 12.1. The molecular formula is C45H34N4. The number of nitrogens with two attached hydrogens (primary N) is 1. The van der Waals surface area contributed by atoms with Crippen LogP contribution in [0.2, 0.25) is 0 Å². The first-order valence-corrected chi connectivity index (χ1v) is 16.5. The Morgan fingerprint density at radius 2 is 1.12 bits per heavy atom.